The van der Waals surface area contributed by atoms with E-state index in [9.17, 15) is 10.1 Å². The lowest BCUT2D eigenvalue weighted by molar-refractivity contribution is -0.112. The number of carbonyl (C=O) groups is 1. The van der Waals surface area contributed by atoms with Crippen LogP contribution in [-0.4, -0.2) is 19.6 Å². The molecule has 142 valence electrons. The number of amides is 1. The van der Waals surface area contributed by atoms with E-state index in [4.69, 9.17) is 27.5 Å². The molecular formula is C21H16BrClN2O3. The molecule has 0 aliphatic rings. The van der Waals surface area contributed by atoms with Crippen LogP contribution >= 0.6 is 27.5 Å². The summed E-state index contributed by atoms with van der Waals surface area (Å²) in [6.07, 6.45) is 6.67. The number of carbonyl (C=O) groups excluding carboxylic acids is 1. The van der Waals surface area contributed by atoms with Crippen LogP contribution in [0.2, 0.25) is 5.02 Å². The van der Waals surface area contributed by atoms with Crippen molar-refractivity contribution >= 4 is 45.2 Å². The Kier molecular flexibility index (Phi) is 7.52. The number of nitriles is 1. The van der Waals surface area contributed by atoms with Crippen LogP contribution in [-0.2, 0) is 4.79 Å². The molecule has 0 aromatic heterocycles. The van der Waals surface area contributed by atoms with Gasteiger partial charge in [-0.05, 0) is 42.8 Å². The molecule has 0 bridgehead atoms. The Hall–Kier alpha value is -2.93. The fraction of sp³-hybridized carbons (Fsp3) is 0.143. The van der Waals surface area contributed by atoms with Crippen LogP contribution in [0.4, 0.5) is 5.69 Å². The number of rotatable bonds is 6. The van der Waals surface area contributed by atoms with E-state index < -0.39 is 5.91 Å². The summed E-state index contributed by atoms with van der Waals surface area (Å²) in [6.45, 7) is 1.86. The maximum Gasteiger partial charge on any atom is 0.266 e. The van der Waals surface area contributed by atoms with E-state index in [1.165, 1.54) is 13.2 Å². The van der Waals surface area contributed by atoms with Gasteiger partial charge in [0.05, 0.1) is 7.11 Å². The molecule has 0 saturated heterocycles. The van der Waals surface area contributed by atoms with E-state index in [1.54, 1.807) is 30.3 Å². The molecule has 7 heteroatoms. The second kappa shape index (κ2) is 9.85. The number of aryl methyl sites for hydroxylation is 1. The average molecular weight is 460 g/mol. The molecule has 5 nitrogen and oxygen atoms in total. The van der Waals surface area contributed by atoms with Gasteiger partial charge in [-0.3, -0.25) is 4.79 Å². The molecule has 0 saturated carbocycles. The summed E-state index contributed by atoms with van der Waals surface area (Å²) in [5.74, 6) is 2.55. The van der Waals surface area contributed by atoms with Gasteiger partial charge in [-0.15, -0.1) is 6.42 Å². The first-order chi connectivity index (χ1) is 13.4. The molecule has 0 aliphatic heterocycles. The van der Waals surface area contributed by atoms with E-state index in [0.717, 1.165) is 5.56 Å². The number of anilines is 1. The number of halogens is 2. The van der Waals surface area contributed by atoms with Crippen LogP contribution in [0.3, 0.4) is 0 Å². The number of hydrogen-bond donors (Lipinski definition) is 1. The Morgan fingerprint density at radius 3 is 2.75 bits per heavy atom. The van der Waals surface area contributed by atoms with Gasteiger partial charge in [-0.2, -0.15) is 5.26 Å². The van der Waals surface area contributed by atoms with Crippen LogP contribution in [0.25, 0.3) is 6.08 Å². The minimum absolute atomic E-state index is 0.00871. The lowest BCUT2D eigenvalue weighted by Crippen LogP contribution is -2.13. The number of nitrogens with zero attached hydrogens (tertiary/aromatic N) is 1. The minimum Gasteiger partial charge on any atom is -0.493 e. The van der Waals surface area contributed by atoms with Gasteiger partial charge in [0.1, 0.15) is 18.2 Å². The van der Waals surface area contributed by atoms with Crippen molar-refractivity contribution in [1.29, 1.82) is 5.26 Å². The molecule has 1 N–H and O–H groups in total. The van der Waals surface area contributed by atoms with E-state index in [1.807, 2.05) is 13.0 Å². The first-order valence-electron chi connectivity index (χ1n) is 8.02. The van der Waals surface area contributed by atoms with Crippen molar-refractivity contribution < 1.29 is 14.3 Å². The third kappa shape index (κ3) is 5.29. The predicted octanol–water partition coefficient (Wildman–Crippen LogP) is 4.98. The zero-order valence-electron chi connectivity index (χ0n) is 15.2. The molecule has 0 aliphatic carbocycles. The molecule has 2 aromatic rings. The maximum atomic E-state index is 12.5. The average Bonchev–Trinajstić information content (AvgIpc) is 2.67. The zero-order chi connectivity index (χ0) is 20.7. The van der Waals surface area contributed by atoms with E-state index in [2.05, 4.69) is 27.2 Å². The molecule has 0 spiro atoms. The maximum absolute atomic E-state index is 12.5. The molecule has 2 aromatic carbocycles. The lowest BCUT2D eigenvalue weighted by Gasteiger charge is -2.13. The molecule has 0 atom stereocenters. The Morgan fingerprint density at radius 2 is 2.14 bits per heavy atom. The Balaban J connectivity index is 2.41. The minimum atomic E-state index is -0.579. The van der Waals surface area contributed by atoms with Crippen LogP contribution in [0.5, 0.6) is 11.5 Å². The monoisotopic (exact) mass is 458 g/mol. The fourth-order valence-electron chi connectivity index (χ4n) is 2.29. The van der Waals surface area contributed by atoms with Gasteiger partial charge >= 0.3 is 0 Å². The summed E-state index contributed by atoms with van der Waals surface area (Å²) in [4.78, 5) is 12.5. The third-order valence-corrected chi connectivity index (χ3v) is 4.53. The van der Waals surface area contributed by atoms with Crippen molar-refractivity contribution in [1.82, 2.24) is 0 Å². The Morgan fingerprint density at radius 1 is 1.39 bits per heavy atom. The topological polar surface area (TPSA) is 71.3 Å². The largest absolute Gasteiger partial charge is 0.493 e. The number of methoxy groups -OCH3 is 1. The van der Waals surface area contributed by atoms with Gasteiger partial charge in [0.25, 0.3) is 5.91 Å². The van der Waals surface area contributed by atoms with Crippen molar-refractivity contribution in [2.75, 3.05) is 19.0 Å². The number of nitrogens with one attached hydrogen (secondary N) is 1. The van der Waals surface area contributed by atoms with Crippen LogP contribution in [0.15, 0.2) is 40.4 Å². The van der Waals surface area contributed by atoms with Crippen molar-refractivity contribution in [3.63, 3.8) is 0 Å². The Bertz CT molecular complexity index is 1020. The molecular weight excluding hydrogens is 444 g/mol. The van der Waals surface area contributed by atoms with Gasteiger partial charge in [0.2, 0.25) is 0 Å². The fourth-order valence-corrected chi connectivity index (χ4v) is 2.92. The number of ether oxygens (including phenoxy) is 2. The summed E-state index contributed by atoms with van der Waals surface area (Å²) in [7, 11) is 1.48. The highest BCUT2D eigenvalue weighted by Crippen LogP contribution is 2.36. The van der Waals surface area contributed by atoms with E-state index in [0.29, 0.717) is 32.2 Å². The molecule has 2 rings (SSSR count). The molecule has 0 heterocycles. The highest BCUT2D eigenvalue weighted by molar-refractivity contribution is 9.10. The number of benzene rings is 2. The number of terminal acetylenes is 1. The van der Waals surface area contributed by atoms with Gasteiger partial charge in [-0.1, -0.05) is 39.5 Å². The van der Waals surface area contributed by atoms with Crippen molar-refractivity contribution in [3.05, 3.63) is 56.5 Å². The standard InChI is InChI=1S/C21H16BrClN2O3/c1-4-7-28-20-14(9-16(22)10-19(20)27-3)8-15(12-24)21(26)25-17-6-5-13(2)18(23)11-17/h1,5-6,8-11H,7H2,2-3H3,(H,25,26)/b15-8+. The van der Waals surface area contributed by atoms with Crippen LogP contribution in [0.1, 0.15) is 11.1 Å². The lowest BCUT2D eigenvalue weighted by atomic mass is 10.1. The quantitative estimate of drug-likeness (QED) is 0.376. The SMILES string of the molecule is C#CCOc1c(/C=C(\C#N)C(=O)Nc2ccc(C)c(Cl)c2)cc(Br)cc1OC. The first kappa shape index (κ1) is 21.4. The second-order valence-corrected chi connectivity index (χ2v) is 6.93. The van der Waals surface area contributed by atoms with E-state index >= 15 is 0 Å². The highest BCUT2D eigenvalue weighted by atomic mass is 79.9. The van der Waals surface area contributed by atoms with Gasteiger partial charge < -0.3 is 14.8 Å². The molecule has 1 amide bonds. The van der Waals surface area contributed by atoms with Crippen molar-refractivity contribution in [2.24, 2.45) is 0 Å². The Labute approximate surface area is 177 Å². The normalized spacial score (nSPS) is 10.6. The van der Waals surface area contributed by atoms with Gasteiger partial charge in [0.15, 0.2) is 11.5 Å². The zero-order valence-corrected chi connectivity index (χ0v) is 17.5. The highest BCUT2D eigenvalue weighted by Gasteiger charge is 2.15. The van der Waals surface area contributed by atoms with Gasteiger partial charge in [0, 0.05) is 20.7 Å². The first-order valence-corrected chi connectivity index (χ1v) is 9.19. The second-order valence-electron chi connectivity index (χ2n) is 5.61. The number of hydrogen-bond acceptors (Lipinski definition) is 4. The van der Waals surface area contributed by atoms with Crippen LogP contribution in [0, 0.1) is 30.6 Å². The van der Waals surface area contributed by atoms with E-state index in [-0.39, 0.29) is 12.2 Å². The molecule has 0 unspecified atom stereocenters. The van der Waals surface area contributed by atoms with Crippen molar-refractivity contribution in [2.45, 2.75) is 6.92 Å². The summed E-state index contributed by atoms with van der Waals surface area (Å²) in [5, 5.41) is 12.6. The molecule has 0 radical (unpaired) electrons. The molecule has 28 heavy (non-hydrogen) atoms. The smallest absolute Gasteiger partial charge is 0.266 e. The summed E-state index contributed by atoms with van der Waals surface area (Å²) < 4.78 is 11.5. The third-order valence-electron chi connectivity index (χ3n) is 3.66. The van der Waals surface area contributed by atoms with Crippen LogP contribution < -0.4 is 14.8 Å². The van der Waals surface area contributed by atoms with Crippen molar-refractivity contribution in [3.8, 4) is 29.9 Å². The summed E-state index contributed by atoms with van der Waals surface area (Å²) >= 11 is 9.45. The van der Waals surface area contributed by atoms with Gasteiger partial charge in [-0.25, -0.2) is 0 Å². The summed E-state index contributed by atoms with van der Waals surface area (Å²) in [5.41, 5.74) is 1.71. The summed E-state index contributed by atoms with van der Waals surface area (Å²) in [6, 6.07) is 10.4. The molecule has 0 fully saturated rings. The predicted molar refractivity (Wildman–Crippen MR) is 113 cm³/mol.